The van der Waals surface area contributed by atoms with E-state index in [1.807, 2.05) is 36.4 Å². The molecule has 1 amide bonds. The van der Waals surface area contributed by atoms with Gasteiger partial charge in [0.1, 0.15) is 4.88 Å². The number of rotatable bonds is 6. The monoisotopic (exact) mass is 457 g/mol. The number of ether oxygens (including phenoxy) is 2. The first kappa shape index (κ1) is 22.8. The number of likely N-dealkylation sites (N-methyl/N-ethyl adjacent to an activating group) is 1. The van der Waals surface area contributed by atoms with Crippen LogP contribution in [0.3, 0.4) is 0 Å². The summed E-state index contributed by atoms with van der Waals surface area (Å²) in [4.78, 5) is 32.7. The van der Waals surface area contributed by atoms with Crippen molar-refractivity contribution >= 4 is 28.2 Å². The molecular weight excluding hydrogens is 426 g/mol. The van der Waals surface area contributed by atoms with Crippen molar-refractivity contribution in [3.8, 4) is 11.1 Å². The van der Waals surface area contributed by atoms with Crippen molar-refractivity contribution in [1.82, 2.24) is 9.80 Å². The molecule has 0 saturated carbocycles. The molecule has 3 heterocycles. The lowest BCUT2D eigenvalue weighted by molar-refractivity contribution is -0.141. The van der Waals surface area contributed by atoms with E-state index in [2.05, 4.69) is 16.7 Å². The summed E-state index contributed by atoms with van der Waals surface area (Å²) in [6.45, 7) is 10.7. The minimum Gasteiger partial charge on any atom is -0.448 e. The molecule has 2 aliphatic rings. The van der Waals surface area contributed by atoms with E-state index in [0.29, 0.717) is 31.2 Å². The number of thiophene rings is 1. The number of esters is 1. The van der Waals surface area contributed by atoms with Crippen molar-refractivity contribution in [1.29, 1.82) is 0 Å². The summed E-state index contributed by atoms with van der Waals surface area (Å²) in [7, 11) is 0. The number of hydrogen-bond donors (Lipinski definition) is 0. The maximum Gasteiger partial charge on any atom is 0.349 e. The third kappa shape index (κ3) is 5.14. The summed E-state index contributed by atoms with van der Waals surface area (Å²) in [5.41, 5.74) is 2.07. The molecule has 2 fully saturated rings. The Balaban J connectivity index is 1.48. The van der Waals surface area contributed by atoms with Crippen LogP contribution in [0.4, 0.5) is 5.00 Å². The molecule has 8 heteroatoms. The largest absolute Gasteiger partial charge is 0.448 e. The molecule has 1 aromatic heterocycles. The van der Waals surface area contributed by atoms with Gasteiger partial charge in [-0.15, -0.1) is 11.3 Å². The molecule has 0 aliphatic carbocycles. The minimum absolute atomic E-state index is 0.123. The van der Waals surface area contributed by atoms with Gasteiger partial charge in [0, 0.05) is 44.8 Å². The van der Waals surface area contributed by atoms with Crippen LogP contribution in [0.1, 0.15) is 23.5 Å². The Kier molecular flexibility index (Phi) is 7.44. The molecule has 0 bridgehead atoms. The molecule has 1 unspecified atom stereocenters. The molecule has 2 aliphatic heterocycles. The quantitative estimate of drug-likeness (QED) is 0.622. The predicted molar refractivity (Wildman–Crippen MR) is 126 cm³/mol. The Labute approximate surface area is 193 Å². The van der Waals surface area contributed by atoms with Gasteiger partial charge in [-0.1, -0.05) is 37.3 Å². The molecule has 0 spiro atoms. The number of carbonyl (C=O) groups excluding carboxylic acids is 2. The van der Waals surface area contributed by atoms with Gasteiger partial charge in [-0.05, 0) is 25.1 Å². The van der Waals surface area contributed by atoms with Gasteiger partial charge in [0.05, 0.1) is 18.2 Å². The van der Waals surface area contributed by atoms with Crippen LogP contribution in [0.25, 0.3) is 11.1 Å². The van der Waals surface area contributed by atoms with Gasteiger partial charge in [-0.3, -0.25) is 4.79 Å². The average Bonchev–Trinajstić information content (AvgIpc) is 3.30. The Hall–Kier alpha value is -2.42. The van der Waals surface area contributed by atoms with E-state index in [9.17, 15) is 9.59 Å². The van der Waals surface area contributed by atoms with Gasteiger partial charge in [-0.2, -0.15) is 0 Å². The smallest absolute Gasteiger partial charge is 0.349 e. The normalized spacial score (nSPS) is 18.4. The second kappa shape index (κ2) is 10.5. The van der Waals surface area contributed by atoms with E-state index in [4.69, 9.17) is 9.47 Å². The molecule has 4 rings (SSSR count). The summed E-state index contributed by atoms with van der Waals surface area (Å²) < 4.78 is 11.1. The fourth-order valence-electron chi connectivity index (χ4n) is 4.12. The number of carbonyl (C=O) groups is 2. The van der Waals surface area contributed by atoms with Gasteiger partial charge in [0.25, 0.3) is 5.91 Å². The SMILES string of the molecule is CCN1CCN(C(=O)C(C)OC(=O)c2cc(-c3ccccc3)c(N3CCOCC3)s2)CC1. The average molecular weight is 458 g/mol. The molecule has 2 saturated heterocycles. The fourth-order valence-corrected chi connectivity index (χ4v) is 5.23. The maximum absolute atomic E-state index is 13.0. The van der Waals surface area contributed by atoms with Crippen LogP contribution in [-0.4, -0.2) is 86.8 Å². The van der Waals surface area contributed by atoms with Crippen LogP contribution >= 0.6 is 11.3 Å². The van der Waals surface area contributed by atoms with Gasteiger partial charge in [-0.25, -0.2) is 4.79 Å². The van der Waals surface area contributed by atoms with Crippen molar-refractivity contribution in [2.24, 2.45) is 0 Å². The number of morpholine rings is 1. The first-order valence-electron chi connectivity index (χ1n) is 11.3. The minimum atomic E-state index is -0.801. The fraction of sp³-hybridized carbons (Fsp3) is 0.500. The number of anilines is 1. The van der Waals surface area contributed by atoms with Crippen LogP contribution in [0.5, 0.6) is 0 Å². The Morgan fingerprint density at radius 2 is 1.75 bits per heavy atom. The van der Waals surface area contributed by atoms with Crippen LogP contribution in [0, 0.1) is 0 Å². The maximum atomic E-state index is 13.0. The summed E-state index contributed by atoms with van der Waals surface area (Å²) >= 11 is 1.43. The van der Waals surface area contributed by atoms with Gasteiger partial charge in [0.15, 0.2) is 6.10 Å². The molecule has 2 aromatic rings. The van der Waals surface area contributed by atoms with E-state index in [-0.39, 0.29) is 5.91 Å². The van der Waals surface area contributed by atoms with Crippen LogP contribution < -0.4 is 4.90 Å². The van der Waals surface area contributed by atoms with Crippen molar-refractivity contribution in [3.63, 3.8) is 0 Å². The van der Waals surface area contributed by atoms with E-state index in [0.717, 1.165) is 48.9 Å². The molecule has 7 nitrogen and oxygen atoms in total. The lowest BCUT2D eigenvalue weighted by Crippen LogP contribution is -2.51. The van der Waals surface area contributed by atoms with Gasteiger partial charge in [0.2, 0.25) is 0 Å². The summed E-state index contributed by atoms with van der Waals surface area (Å²) in [6, 6.07) is 11.9. The Morgan fingerprint density at radius 3 is 2.41 bits per heavy atom. The highest BCUT2D eigenvalue weighted by Crippen LogP contribution is 2.39. The van der Waals surface area contributed by atoms with Crippen LogP contribution in [0.2, 0.25) is 0 Å². The van der Waals surface area contributed by atoms with Crippen molar-refractivity contribution in [2.75, 3.05) is 63.9 Å². The molecule has 0 radical (unpaired) electrons. The van der Waals surface area contributed by atoms with Gasteiger partial charge >= 0.3 is 5.97 Å². The first-order chi connectivity index (χ1) is 15.6. The number of amides is 1. The Morgan fingerprint density at radius 1 is 1.06 bits per heavy atom. The lowest BCUT2D eigenvalue weighted by atomic mass is 10.1. The first-order valence-corrected chi connectivity index (χ1v) is 12.1. The summed E-state index contributed by atoms with van der Waals surface area (Å²) in [6.07, 6.45) is -0.801. The zero-order valence-corrected chi connectivity index (χ0v) is 19.6. The molecule has 32 heavy (non-hydrogen) atoms. The summed E-state index contributed by atoms with van der Waals surface area (Å²) in [5.74, 6) is -0.568. The van der Waals surface area contributed by atoms with E-state index >= 15 is 0 Å². The highest BCUT2D eigenvalue weighted by molar-refractivity contribution is 7.18. The van der Waals surface area contributed by atoms with E-state index in [1.165, 1.54) is 11.3 Å². The standard InChI is InChI=1S/C24H31N3O4S/c1-3-25-9-11-26(12-10-25)22(28)18(2)31-24(29)21-17-20(19-7-5-4-6-8-19)23(32-21)27-13-15-30-16-14-27/h4-8,17-18H,3,9-16H2,1-2H3. The second-order valence-corrected chi connectivity index (χ2v) is 9.13. The van der Waals surface area contributed by atoms with Crippen LogP contribution in [-0.2, 0) is 14.3 Å². The van der Waals surface area contributed by atoms with Crippen molar-refractivity contribution in [3.05, 3.63) is 41.3 Å². The number of hydrogen-bond acceptors (Lipinski definition) is 7. The molecule has 1 atom stereocenters. The van der Waals surface area contributed by atoms with Crippen LogP contribution in [0.15, 0.2) is 36.4 Å². The van der Waals surface area contributed by atoms with E-state index < -0.39 is 12.1 Å². The zero-order valence-electron chi connectivity index (χ0n) is 18.8. The number of benzene rings is 1. The highest BCUT2D eigenvalue weighted by Gasteiger charge is 2.29. The molecule has 0 N–H and O–H groups in total. The third-order valence-electron chi connectivity index (χ3n) is 6.06. The second-order valence-electron chi connectivity index (χ2n) is 8.10. The zero-order chi connectivity index (χ0) is 22.5. The predicted octanol–water partition coefficient (Wildman–Crippen LogP) is 2.96. The summed E-state index contributed by atoms with van der Waals surface area (Å²) in [5, 5.41) is 1.04. The number of piperazine rings is 1. The van der Waals surface area contributed by atoms with Crippen molar-refractivity contribution < 1.29 is 19.1 Å². The van der Waals surface area contributed by atoms with Gasteiger partial charge < -0.3 is 24.2 Å². The van der Waals surface area contributed by atoms with Crippen molar-refractivity contribution in [2.45, 2.75) is 20.0 Å². The topological polar surface area (TPSA) is 62.3 Å². The molecule has 172 valence electrons. The molecular formula is C24H31N3O4S. The third-order valence-corrected chi connectivity index (χ3v) is 7.24. The highest BCUT2D eigenvalue weighted by atomic mass is 32.1. The Bertz CT molecular complexity index is 919. The molecule has 1 aromatic carbocycles. The number of nitrogens with zero attached hydrogens (tertiary/aromatic N) is 3. The van der Waals surface area contributed by atoms with E-state index in [1.54, 1.807) is 11.8 Å². The lowest BCUT2D eigenvalue weighted by Gasteiger charge is -2.35.